The quantitative estimate of drug-likeness (QED) is 0.835. The van der Waals surface area contributed by atoms with E-state index in [0.717, 1.165) is 24.4 Å². The van der Waals surface area contributed by atoms with E-state index in [1.165, 1.54) is 11.3 Å². The van der Waals surface area contributed by atoms with Gasteiger partial charge in [0, 0.05) is 0 Å². The van der Waals surface area contributed by atoms with Crippen LogP contribution in [-0.4, -0.2) is 9.97 Å². The molecule has 0 amide bonds. The van der Waals surface area contributed by atoms with E-state index in [-0.39, 0.29) is 6.04 Å². The number of rotatable bonds is 5. The molecular weight excluding hydrogens is 218 g/mol. The van der Waals surface area contributed by atoms with Crippen LogP contribution in [-0.2, 0) is 0 Å². The van der Waals surface area contributed by atoms with Crippen LogP contribution >= 0.6 is 11.3 Å². The van der Waals surface area contributed by atoms with Crippen LogP contribution in [0.1, 0.15) is 38.1 Å². The third-order valence-corrected chi connectivity index (χ3v) is 3.51. The number of nitrogens with zero attached hydrogens (tertiary/aromatic N) is 1. The van der Waals surface area contributed by atoms with Gasteiger partial charge in [-0.25, -0.2) is 4.98 Å². The number of hydrogen-bond donors (Lipinski definition) is 2. The lowest BCUT2D eigenvalue weighted by atomic mass is 10.1. The lowest BCUT2D eigenvalue weighted by Crippen LogP contribution is -2.11. The lowest BCUT2D eigenvalue weighted by molar-refractivity contribution is 0.580. The highest BCUT2D eigenvalue weighted by molar-refractivity contribution is 7.13. The minimum absolute atomic E-state index is 0.0358. The van der Waals surface area contributed by atoms with Gasteiger partial charge in [0.1, 0.15) is 5.82 Å². The number of hydrogen-bond acceptors (Lipinski definition) is 3. The van der Waals surface area contributed by atoms with Crippen LogP contribution in [0.5, 0.6) is 0 Å². The Morgan fingerprint density at radius 1 is 1.56 bits per heavy atom. The number of imidazole rings is 1. The Balaban J connectivity index is 2.07. The van der Waals surface area contributed by atoms with Crippen LogP contribution in [0, 0.1) is 0 Å². The predicted octanol–water partition coefficient (Wildman–Crippen LogP) is 3.33. The predicted molar refractivity (Wildman–Crippen MR) is 68.4 cm³/mol. The zero-order chi connectivity index (χ0) is 11.4. The van der Waals surface area contributed by atoms with Gasteiger partial charge in [-0.1, -0.05) is 25.8 Å². The van der Waals surface area contributed by atoms with Crippen LogP contribution in [0.3, 0.4) is 0 Å². The summed E-state index contributed by atoms with van der Waals surface area (Å²) in [5.74, 6) is 0.900. The first-order valence-corrected chi connectivity index (χ1v) is 6.53. The van der Waals surface area contributed by atoms with Crippen LogP contribution in [0.25, 0.3) is 10.6 Å². The zero-order valence-electron chi connectivity index (χ0n) is 9.44. The first-order chi connectivity index (χ1) is 7.81. The number of H-pyrrole nitrogens is 1. The molecule has 4 heteroatoms. The fourth-order valence-corrected chi connectivity index (χ4v) is 2.33. The summed E-state index contributed by atoms with van der Waals surface area (Å²) in [4.78, 5) is 8.86. The molecule has 16 heavy (non-hydrogen) atoms. The number of aromatic nitrogens is 2. The molecule has 1 atom stereocenters. The summed E-state index contributed by atoms with van der Waals surface area (Å²) in [6.45, 7) is 2.17. The summed E-state index contributed by atoms with van der Waals surface area (Å²) < 4.78 is 0. The Morgan fingerprint density at radius 3 is 3.12 bits per heavy atom. The van der Waals surface area contributed by atoms with E-state index in [9.17, 15) is 0 Å². The van der Waals surface area contributed by atoms with Crippen molar-refractivity contribution in [2.45, 2.75) is 32.2 Å². The molecule has 0 aromatic carbocycles. The molecule has 0 bridgehead atoms. The van der Waals surface area contributed by atoms with Gasteiger partial charge in [-0.15, -0.1) is 11.3 Å². The van der Waals surface area contributed by atoms with Crippen LogP contribution in [0.15, 0.2) is 23.7 Å². The van der Waals surface area contributed by atoms with Crippen molar-refractivity contribution in [2.24, 2.45) is 5.73 Å². The van der Waals surface area contributed by atoms with Gasteiger partial charge in [0.2, 0.25) is 0 Å². The second-order valence-corrected chi connectivity index (χ2v) is 4.86. The number of unbranched alkanes of at least 4 members (excludes halogenated alkanes) is 1. The molecule has 0 spiro atoms. The van der Waals surface area contributed by atoms with Crippen molar-refractivity contribution in [3.63, 3.8) is 0 Å². The van der Waals surface area contributed by atoms with E-state index < -0.39 is 0 Å². The topological polar surface area (TPSA) is 54.7 Å². The monoisotopic (exact) mass is 235 g/mol. The highest BCUT2D eigenvalue weighted by Gasteiger charge is 2.10. The average molecular weight is 235 g/mol. The maximum absolute atomic E-state index is 6.06. The second kappa shape index (κ2) is 5.27. The normalized spacial score (nSPS) is 12.9. The molecule has 0 aliphatic heterocycles. The van der Waals surface area contributed by atoms with E-state index in [1.54, 1.807) is 11.3 Å². The van der Waals surface area contributed by atoms with Gasteiger partial charge in [-0.05, 0) is 17.9 Å². The van der Waals surface area contributed by atoms with Crippen molar-refractivity contribution >= 4 is 11.3 Å². The molecule has 0 aliphatic rings. The fraction of sp³-hybridized carbons (Fsp3) is 0.417. The molecule has 0 saturated heterocycles. The second-order valence-electron chi connectivity index (χ2n) is 3.91. The highest BCUT2D eigenvalue weighted by atomic mass is 32.1. The highest BCUT2D eigenvalue weighted by Crippen LogP contribution is 2.24. The molecule has 0 fully saturated rings. The Hall–Kier alpha value is -1.13. The molecule has 2 aromatic heterocycles. The molecule has 3 nitrogen and oxygen atoms in total. The third-order valence-electron chi connectivity index (χ3n) is 2.60. The molecule has 86 valence electrons. The summed E-state index contributed by atoms with van der Waals surface area (Å²) in [5, 5.41) is 2.06. The van der Waals surface area contributed by atoms with Gasteiger partial charge in [0.15, 0.2) is 0 Å². The first kappa shape index (κ1) is 11.4. The molecule has 2 heterocycles. The van der Waals surface area contributed by atoms with Gasteiger partial charge < -0.3 is 10.7 Å². The van der Waals surface area contributed by atoms with Crippen molar-refractivity contribution in [1.82, 2.24) is 9.97 Å². The number of nitrogens with two attached hydrogens (primary N) is 1. The Morgan fingerprint density at radius 2 is 2.44 bits per heavy atom. The van der Waals surface area contributed by atoms with Crippen LogP contribution in [0.2, 0.25) is 0 Å². The van der Waals surface area contributed by atoms with Gasteiger partial charge in [0.05, 0.1) is 22.8 Å². The molecule has 2 aromatic rings. The largest absolute Gasteiger partial charge is 0.340 e. The van der Waals surface area contributed by atoms with Crippen molar-refractivity contribution < 1.29 is 0 Å². The van der Waals surface area contributed by atoms with E-state index in [0.29, 0.717) is 0 Å². The lowest BCUT2D eigenvalue weighted by Gasteiger charge is -2.06. The summed E-state index contributed by atoms with van der Waals surface area (Å²) >= 11 is 1.71. The smallest absolute Gasteiger partial charge is 0.123 e. The molecule has 2 rings (SSSR count). The minimum Gasteiger partial charge on any atom is -0.340 e. The Bertz CT molecular complexity index is 419. The van der Waals surface area contributed by atoms with Crippen molar-refractivity contribution in [2.75, 3.05) is 0 Å². The molecule has 0 saturated carbocycles. The summed E-state index contributed by atoms with van der Waals surface area (Å²) in [6, 6.07) is 4.16. The average Bonchev–Trinajstić information content (AvgIpc) is 2.94. The van der Waals surface area contributed by atoms with E-state index in [2.05, 4.69) is 28.3 Å². The molecular formula is C12H17N3S. The SMILES string of the molecule is CCCCC(N)c1ncc(-c2cccs2)[nH]1. The maximum atomic E-state index is 6.06. The molecule has 1 unspecified atom stereocenters. The van der Waals surface area contributed by atoms with Crippen LogP contribution in [0.4, 0.5) is 0 Å². The van der Waals surface area contributed by atoms with E-state index >= 15 is 0 Å². The number of nitrogens with one attached hydrogen (secondary N) is 1. The van der Waals surface area contributed by atoms with Crippen molar-refractivity contribution in [1.29, 1.82) is 0 Å². The zero-order valence-corrected chi connectivity index (χ0v) is 10.3. The summed E-state index contributed by atoms with van der Waals surface area (Å²) in [7, 11) is 0. The minimum atomic E-state index is 0.0358. The standard InChI is InChI=1S/C12H17N3S/c1-2-3-5-9(13)12-14-8-10(15-12)11-6-4-7-16-11/h4,6-9H,2-3,5,13H2,1H3,(H,14,15). The molecule has 3 N–H and O–H groups in total. The number of thiophene rings is 1. The maximum Gasteiger partial charge on any atom is 0.123 e. The van der Waals surface area contributed by atoms with Gasteiger partial charge in [-0.3, -0.25) is 0 Å². The van der Waals surface area contributed by atoms with Crippen molar-refractivity contribution in [3.05, 3.63) is 29.5 Å². The molecule has 0 radical (unpaired) electrons. The fourth-order valence-electron chi connectivity index (χ4n) is 1.64. The summed E-state index contributed by atoms with van der Waals surface area (Å²) in [5.41, 5.74) is 7.12. The van der Waals surface area contributed by atoms with E-state index in [1.807, 2.05) is 12.3 Å². The van der Waals surface area contributed by atoms with Crippen molar-refractivity contribution in [3.8, 4) is 10.6 Å². The van der Waals surface area contributed by atoms with Crippen LogP contribution < -0.4 is 5.73 Å². The number of aromatic amines is 1. The summed E-state index contributed by atoms with van der Waals surface area (Å²) in [6.07, 6.45) is 5.18. The third kappa shape index (κ3) is 2.51. The van der Waals surface area contributed by atoms with E-state index in [4.69, 9.17) is 5.73 Å². The Labute approximate surface area is 99.7 Å². The van der Waals surface area contributed by atoms with Gasteiger partial charge in [0.25, 0.3) is 0 Å². The molecule has 0 aliphatic carbocycles. The first-order valence-electron chi connectivity index (χ1n) is 5.65. The van der Waals surface area contributed by atoms with Gasteiger partial charge >= 0.3 is 0 Å². The Kier molecular flexibility index (Phi) is 3.74. The van der Waals surface area contributed by atoms with Gasteiger partial charge in [-0.2, -0.15) is 0 Å².